The maximum atomic E-state index is 12.8. The van der Waals surface area contributed by atoms with Gasteiger partial charge in [0.25, 0.3) is 0 Å². The minimum atomic E-state index is -0.866. The van der Waals surface area contributed by atoms with E-state index in [2.05, 4.69) is 29.6 Å². The molecule has 7 nitrogen and oxygen atoms in total. The van der Waals surface area contributed by atoms with E-state index in [1.165, 1.54) is 11.1 Å². The van der Waals surface area contributed by atoms with E-state index in [4.69, 9.17) is 4.74 Å². The molecule has 0 spiro atoms. The fraction of sp³-hybridized carbons (Fsp3) is 0.464. The number of carbonyl (C=O) groups is 3. The van der Waals surface area contributed by atoms with E-state index in [1.54, 1.807) is 4.90 Å². The molecule has 1 fully saturated rings. The van der Waals surface area contributed by atoms with Gasteiger partial charge in [-0.25, -0.2) is 4.79 Å². The average molecular weight is 479 g/mol. The van der Waals surface area contributed by atoms with Crippen LogP contribution in [0.3, 0.4) is 0 Å². The minimum Gasteiger partial charge on any atom is -0.481 e. The van der Waals surface area contributed by atoms with Gasteiger partial charge in [-0.05, 0) is 33.6 Å². The zero-order valence-corrected chi connectivity index (χ0v) is 20.6. The van der Waals surface area contributed by atoms with Crippen molar-refractivity contribution < 1.29 is 24.2 Å². The Hall–Kier alpha value is -3.35. The van der Waals surface area contributed by atoms with Crippen molar-refractivity contribution in [1.82, 2.24) is 10.2 Å². The van der Waals surface area contributed by atoms with Crippen LogP contribution in [0.5, 0.6) is 0 Å². The standard InChI is InChI=1S/C28H34N2O5/c1-4-18(13-25(31)30-15-24(26(32)33)28(2,3)17-30)14-29-27(34)35-16-23-21-11-7-5-9-19(21)20-10-6-8-12-22(20)23/h5-12,18,23-24H,4,13-17H2,1-3H3,(H,29,34)(H,32,33). The van der Waals surface area contributed by atoms with Crippen LogP contribution in [-0.4, -0.2) is 54.2 Å². The van der Waals surface area contributed by atoms with Crippen LogP contribution in [0, 0.1) is 17.3 Å². The summed E-state index contributed by atoms with van der Waals surface area (Å²) in [6.07, 6.45) is 0.489. The monoisotopic (exact) mass is 478 g/mol. The lowest BCUT2D eigenvalue weighted by Crippen LogP contribution is -2.35. The Kier molecular flexibility index (Phi) is 7.15. The fourth-order valence-corrected chi connectivity index (χ4v) is 5.35. The van der Waals surface area contributed by atoms with Crippen molar-refractivity contribution >= 4 is 18.0 Å². The number of hydrogen-bond donors (Lipinski definition) is 2. The molecule has 1 saturated heterocycles. The lowest BCUT2D eigenvalue weighted by Gasteiger charge is -2.23. The Balaban J connectivity index is 1.28. The number of fused-ring (bicyclic) bond motifs is 3. The number of carbonyl (C=O) groups excluding carboxylic acids is 2. The van der Waals surface area contributed by atoms with Gasteiger partial charge in [-0.15, -0.1) is 0 Å². The van der Waals surface area contributed by atoms with Gasteiger partial charge in [-0.1, -0.05) is 75.7 Å². The number of benzene rings is 2. The van der Waals surface area contributed by atoms with Gasteiger partial charge in [0, 0.05) is 32.0 Å². The number of rotatable bonds is 8. The number of amides is 2. The van der Waals surface area contributed by atoms with E-state index >= 15 is 0 Å². The molecule has 1 aliphatic heterocycles. The molecule has 2 aromatic rings. The zero-order chi connectivity index (χ0) is 25.2. The summed E-state index contributed by atoms with van der Waals surface area (Å²) in [5.41, 5.74) is 4.22. The first-order valence-corrected chi connectivity index (χ1v) is 12.3. The summed E-state index contributed by atoms with van der Waals surface area (Å²) in [6, 6.07) is 16.4. The predicted octanol–water partition coefficient (Wildman–Crippen LogP) is 4.51. The maximum absolute atomic E-state index is 12.8. The highest BCUT2D eigenvalue weighted by molar-refractivity contribution is 5.80. The van der Waals surface area contributed by atoms with Crippen LogP contribution in [-0.2, 0) is 14.3 Å². The molecule has 4 rings (SSSR count). The van der Waals surface area contributed by atoms with Crippen molar-refractivity contribution in [2.45, 2.75) is 39.5 Å². The lowest BCUT2D eigenvalue weighted by molar-refractivity contribution is -0.144. The molecule has 2 atom stereocenters. The Morgan fingerprint density at radius 1 is 1.09 bits per heavy atom. The second-order valence-electron chi connectivity index (χ2n) is 10.3. The number of nitrogens with one attached hydrogen (secondary N) is 1. The summed E-state index contributed by atoms with van der Waals surface area (Å²) < 4.78 is 5.60. The average Bonchev–Trinajstić information content (AvgIpc) is 3.34. The lowest BCUT2D eigenvalue weighted by atomic mass is 9.82. The third kappa shape index (κ3) is 5.19. The quantitative estimate of drug-likeness (QED) is 0.582. The Bertz CT molecular complexity index is 1070. The van der Waals surface area contributed by atoms with Gasteiger partial charge in [0.05, 0.1) is 5.92 Å². The molecule has 2 aromatic carbocycles. The largest absolute Gasteiger partial charge is 0.481 e. The smallest absolute Gasteiger partial charge is 0.407 e. The van der Waals surface area contributed by atoms with Crippen LogP contribution in [0.1, 0.15) is 50.7 Å². The van der Waals surface area contributed by atoms with Crippen molar-refractivity contribution in [2.75, 3.05) is 26.2 Å². The first-order chi connectivity index (χ1) is 16.7. The number of ether oxygens (including phenoxy) is 1. The number of carboxylic acid groups (broad SMARTS) is 1. The molecule has 35 heavy (non-hydrogen) atoms. The number of alkyl carbamates (subject to hydrolysis) is 1. The van der Waals surface area contributed by atoms with E-state index in [0.717, 1.165) is 17.5 Å². The molecule has 1 heterocycles. The maximum Gasteiger partial charge on any atom is 0.407 e. The SMILES string of the molecule is CCC(CNC(=O)OCC1c2ccccc2-c2ccccc21)CC(=O)N1CC(C(=O)O)C(C)(C)C1. The van der Waals surface area contributed by atoms with Crippen LogP contribution in [0.15, 0.2) is 48.5 Å². The fourth-order valence-electron chi connectivity index (χ4n) is 5.35. The molecule has 0 aromatic heterocycles. The summed E-state index contributed by atoms with van der Waals surface area (Å²) in [6.45, 7) is 6.99. The van der Waals surface area contributed by atoms with Gasteiger partial charge in [0.1, 0.15) is 6.61 Å². The van der Waals surface area contributed by atoms with Crippen molar-refractivity contribution in [3.63, 3.8) is 0 Å². The molecule has 0 saturated carbocycles. The Morgan fingerprint density at radius 2 is 1.69 bits per heavy atom. The van der Waals surface area contributed by atoms with Gasteiger partial charge >= 0.3 is 12.1 Å². The van der Waals surface area contributed by atoms with Gasteiger partial charge in [0.15, 0.2) is 0 Å². The normalized spacial score (nSPS) is 19.1. The van der Waals surface area contributed by atoms with Crippen molar-refractivity contribution in [3.8, 4) is 11.1 Å². The van der Waals surface area contributed by atoms with Crippen molar-refractivity contribution in [3.05, 3.63) is 59.7 Å². The molecule has 2 aliphatic rings. The molecule has 186 valence electrons. The summed E-state index contributed by atoms with van der Waals surface area (Å²) in [5.74, 6) is -1.55. The minimum absolute atomic E-state index is 0.00241. The van der Waals surface area contributed by atoms with Crippen molar-refractivity contribution in [2.24, 2.45) is 17.3 Å². The molecule has 1 aliphatic carbocycles. The van der Waals surface area contributed by atoms with E-state index in [-0.39, 0.29) is 37.3 Å². The molecule has 0 bridgehead atoms. The molecular formula is C28H34N2O5. The second kappa shape index (κ2) is 10.1. The number of likely N-dealkylation sites (tertiary alicyclic amines) is 1. The summed E-state index contributed by atoms with van der Waals surface area (Å²) in [5, 5.41) is 12.3. The van der Waals surface area contributed by atoms with E-state index < -0.39 is 23.4 Å². The molecule has 0 radical (unpaired) electrons. The second-order valence-corrected chi connectivity index (χ2v) is 10.3. The van der Waals surface area contributed by atoms with Crippen LogP contribution in [0.2, 0.25) is 0 Å². The van der Waals surface area contributed by atoms with Gasteiger partial charge < -0.3 is 20.1 Å². The highest BCUT2D eigenvalue weighted by Crippen LogP contribution is 2.44. The van der Waals surface area contributed by atoms with Crippen molar-refractivity contribution in [1.29, 1.82) is 0 Å². The number of aliphatic carboxylic acids is 1. The Labute approximate surface area is 206 Å². The summed E-state index contributed by atoms with van der Waals surface area (Å²) in [7, 11) is 0. The van der Waals surface area contributed by atoms with Crippen LogP contribution < -0.4 is 5.32 Å². The van der Waals surface area contributed by atoms with Gasteiger partial charge in [-0.3, -0.25) is 9.59 Å². The number of hydrogen-bond acceptors (Lipinski definition) is 4. The molecule has 2 amide bonds. The molecule has 2 N–H and O–H groups in total. The van der Waals surface area contributed by atoms with Crippen LogP contribution in [0.25, 0.3) is 11.1 Å². The van der Waals surface area contributed by atoms with E-state index in [9.17, 15) is 19.5 Å². The van der Waals surface area contributed by atoms with E-state index in [1.807, 2.05) is 45.0 Å². The number of carboxylic acids is 1. The van der Waals surface area contributed by atoms with Crippen LogP contribution in [0.4, 0.5) is 4.79 Å². The van der Waals surface area contributed by atoms with E-state index in [0.29, 0.717) is 13.1 Å². The van der Waals surface area contributed by atoms with Crippen LogP contribution >= 0.6 is 0 Å². The third-order valence-electron chi connectivity index (χ3n) is 7.51. The molecule has 2 unspecified atom stereocenters. The van der Waals surface area contributed by atoms with Gasteiger partial charge in [0.2, 0.25) is 5.91 Å². The zero-order valence-electron chi connectivity index (χ0n) is 20.6. The first-order valence-electron chi connectivity index (χ1n) is 12.3. The predicted molar refractivity (Wildman–Crippen MR) is 133 cm³/mol. The first kappa shape index (κ1) is 24.8. The Morgan fingerprint density at radius 3 is 2.23 bits per heavy atom. The van der Waals surface area contributed by atoms with Gasteiger partial charge in [-0.2, -0.15) is 0 Å². The summed E-state index contributed by atoms with van der Waals surface area (Å²) >= 11 is 0. The highest BCUT2D eigenvalue weighted by Gasteiger charge is 2.45. The number of nitrogens with zero attached hydrogens (tertiary/aromatic N) is 1. The molecule has 7 heteroatoms. The summed E-state index contributed by atoms with van der Waals surface area (Å²) in [4.78, 5) is 38.5. The third-order valence-corrected chi connectivity index (χ3v) is 7.51. The highest BCUT2D eigenvalue weighted by atomic mass is 16.5. The topological polar surface area (TPSA) is 95.9 Å². The molecular weight excluding hydrogens is 444 g/mol.